The molecule has 1 fully saturated rings. The molecule has 108 valence electrons. The molecule has 1 aliphatic rings. The number of hydrogen-bond acceptors (Lipinski definition) is 2. The van der Waals surface area contributed by atoms with E-state index in [2.05, 4.69) is 36.2 Å². The first kappa shape index (κ1) is 13.8. The Kier molecular flexibility index (Phi) is 3.74. The van der Waals surface area contributed by atoms with Gasteiger partial charge >= 0.3 is 0 Å². The third kappa shape index (κ3) is 2.82. The van der Waals surface area contributed by atoms with E-state index in [0.717, 1.165) is 48.4 Å². The predicted molar refractivity (Wildman–Crippen MR) is 84.3 cm³/mol. The Morgan fingerprint density at radius 1 is 1.00 bits per heavy atom. The van der Waals surface area contributed by atoms with Gasteiger partial charge in [0.05, 0.1) is 17.0 Å². The molecule has 1 amide bonds. The molecule has 0 unspecified atom stereocenters. The zero-order valence-corrected chi connectivity index (χ0v) is 12.6. The standard InChI is InChI=1S/C18H20N2O/c1-13-5-7-15(8-6-13)17-10-9-16(14(2)19-17)18(21)20-11-3-4-12-20/h5-10H,3-4,11-12H2,1-2H3. The molecule has 3 rings (SSSR count). The van der Waals surface area contributed by atoms with Gasteiger partial charge in [-0.1, -0.05) is 29.8 Å². The molecule has 2 aromatic rings. The zero-order valence-electron chi connectivity index (χ0n) is 12.6. The molecule has 0 atom stereocenters. The lowest BCUT2D eigenvalue weighted by atomic mass is 10.1. The summed E-state index contributed by atoms with van der Waals surface area (Å²) in [6, 6.07) is 12.2. The lowest BCUT2D eigenvalue weighted by molar-refractivity contribution is 0.0791. The number of nitrogens with zero attached hydrogens (tertiary/aromatic N) is 2. The van der Waals surface area contributed by atoms with Gasteiger partial charge in [0.25, 0.3) is 5.91 Å². The summed E-state index contributed by atoms with van der Waals surface area (Å²) < 4.78 is 0. The van der Waals surface area contributed by atoms with E-state index in [1.54, 1.807) is 0 Å². The summed E-state index contributed by atoms with van der Waals surface area (Å²) in [7, 11) is 0. The lowest BCUT2D eigenvalue weighted by Crippen LogP contribution is -2.28. The Morgan fingerprint density at radius 3 is 2.29 bits per heavy atom. The number of hydrogen-bond donors (Lipinski definition) is 0. The number of carbonyl (C=O) groups excluding carboxylic acids is 1. The third-order valence-corrected chi connectivity index (χ3v) is 4.06. The van der Waals surface area contributed by atoms with Gasteiger partial charge in [-0.15, -0.1) is 0 Å². The Balaban J connectivity index is 1.89. The number of rotatable bonds is 2. The summed E-state index contributed by atoms with van der Waals surface area (Å²) >= 11 is 0. The molecule has 1 saturated heterocycles. The van der Waals surface area contributed by atoms with E-state index < -0.39 is 0 Å². The lowest BCUT2D eigenvalue weighted by Gasteiger charge is -2.16. The van der Waals surface area contributed by atoms with Gasteiger partial charge in [0.2, 0.25) is 0 Å². The smallest absolute Gasteiger partial charge is 0.255 e. The van der Waals surface area contributed by atoms with Crippen LogP contribution in [0, 0.1) is 13.8 Å². The van der Waals surface area contributed by atoms with Gasteiger partial charge in [-0.3, -0.25) is 9.78 Å². The molecule has 3 heteroatoms. The van der Waals surface area contributed by atoms with Crippen LogP contribution in [-0.4, -0.2) is 28.9 Å². The van der Waals surface area contributed by atoms with Crippen molar-refractivity contribution in [1.82, 2.24) is 9.88 Å². The minimum absolute atomic E-state index is 0.118. The summed E-state index contributed by atoms with van der Waals surface area (Å²) in [4.78, 5) is 19.0. The van der Waals surface area contributed by atoms with Crippen LogP contribution in [-0.2, 0) is 0 Å². The molecule has 0 saturated carbocycles. The van der Waals surface area contributed by atoms with E-state index >= 15 is 0 Å². The highest BCUT2D eigenvalue weighted by atomic mass is 16.2. The van der Waals surface area contributed by atoms with Gasteiger partial charge in [0.15, 0.2) is 0 Å². The van der Waals surface area contributed by atoms with E-state index in [1.165, 1.54) is 5.56 Å². The molecule has 1 aromatic carbocycles. The van der Waals surface area contributed by atoms with Crippen molar-refractivity contribution in [3.63, 3.8) is 0 Å². The first-order chi connectivity index (χ1) is 10.1. The van der Waals surface area contributed by atoms with Crippen molar-refractivity contribution in [2.75, 3.05) is 13.1 Å². The van der Waals surface area contributed by atoms with Crippen LogP contribution >= 0.6 is 0 Å². The maximum atomic E-state index is 12.4. The largest absolute Gasteiger partial charge is 0.339 e. The van der Waals surface area contributed by atoms with Crippen molar-refractivity contribution in [3.05, 3.63) is 53.2 Å². The van der Waals surface area contributed by atoms with Crippen molar-refractivity contribution >= 4 is 5.91 Å². The molecule has 0 N–H and O–H groups in total. The summed E-state index contributed by atoms with van der Waals surface area (Å²) in [6.45, 7) is 5.73. The fourth-order valence-corrected chi connectivity index (χ4v) is 2.76. The van der Waals surface area contributed by atoms with Crippen molar-refractivity contribution in [3.8, 4) is 11.3 Å². The van der Waals surface area contributed by atoms with Gasteiger partial charge in [-0.2, -0.15) is 0 Å². The third-order valence-electron chi connectivity index (χ3n) is 4.06. The molecule has 0 spiro atoms. The van der Waals surface area contributed by atoms with E-state index in [4.69, 9.17) is 0 Å². The zero-order chi connectivity index (χ0) is 14.8. The molecular weight excluding hydrogens is 260 g/mol. The number of amides is 1. The average molecular weight is 280 g/mol. The van der Waals surface area contributed by atoms with Crippen LogP contribution in [0.15, 0.2) is 36.4 Å². The molecule has 21 heavy (non-hydrogen) atoms. The molecule has 3 nitrogen and oxygen atoms in total. The molecule has 0 aliphatic carbocycles. The van der Waals surface area contributed by atoms with Crippen LogP contribution in [0.5, 0.6) is 0 Å². The summed E-state index contributed by atoms with van der Waals surface area (Å²) in [5.74, 6) is 0.118. The van der Waals surface area contributed by atoms with Gasteiger partial charge < -0.3 is 4.90 Å². The molecule has 2 heterocycles. The first-order valence-electron chi connectivity index (χ1n) is 7.49. The second-order valence-electron chi connectivity index (χ2n) is 5.69. The average Bonchev–Trinajstić information content (AvgIpc) is 3.01. The second-order valence-corrected chi connectivity index (χ2v) is 5.69. The Morgan fingerprint density at radius 2 is 1.67 bits per heavy atom. The van der Waals surface area contributed by atoms with Crippen LogP contribution in [0.3, 0.4) is 0 Å². The predicted octanol–water partition coefficient (Wildman–Crippen LogP) is 3.60. The van der Waals surface area contributed by atoms with Crippen molar-refractivity contribution in [1.29, 1.82) is 0 Å². The number of benzene rings is 1. The highest BCUT2D eigenvalue weighted by Gasteiger charge is 2.21. The molecule has 1 aliphatic heterocycles. The Labute approximate surface area is 125 Å². The van der Waals surface area contributed by atoms with E-state index in [0.29, 0.717) is 0 Å². The Bertz CT molecular complexity index is 655. The molecule has 0 radical (unpaired) electrons. The summed E-state index contributed by atoms with van der Waals surface area (Å²) in [5, 5.41) is 0. The monoisotopic (exact) mass is 280 g/mol. The van der Waals surface area contributed by atoms with E-state index in [1.807, 2.05) is 24.0 Å². The first-order valence-corrected chi connectivity index (χ1v) is 7.49. The minimum atomic E-state index is 0.118. The van der Waals surface area contributed by atoms with E-state index in [9.17, 15) is 4.79 Å². The Hall–Kier alpha value is -2.16. The van der Waals surface area contributed by atoms with Gasteiger partial charge in [0, 0.05) is 18.7 Å². The fraction of sp³-hybridized carbons (Fsp3) is 0.333. The number of pyridine rings is 1. The second kappa shape index (κ2) is 5.68. The van der Waals surface area contributed by atoms with Gasteiger partial charge in [-0.05, 0) is 38.8 Å². The fourth-order valence-electron chi connectivity index (χ4n) is 2.76. The molecular formula is C18H20N2O. The van der Waals surface area contributed by atoms with Crippen molar-refractivity contribution in [2.45, 2.75) is 26.7 Å². The van der Waals surface area contributed by atoms with Crippen LogP contribution < -0.4 is 0 Å². The summed E-state index contributed by atoms with van der Waals surface area (Å²) in [6.07, 6.45) is 2.22. The van der Waals surface area contributed by atoms with Crippen LogP contribution in [0.2, 0.25) is 0 Å². The maximum Gasteiger partial charge on any atom is 0.255 e. The number of likely N-dealkylation sites (tertiary alicyclic amines) is 1. The SMILES string of the molecule is Cc1ccc(-c2ccc(C(=O)N3CCCC3)c(C)n2)cc1. The number of carbonyl (C=O) groups is 1. The van der Waals surface area contributed by atoms with Crippen LogP contribution in [0.4, 0.5) is 0 Å². The topological polar surface area (TPSA) is 33.2 Å². The van der Waals surface area contributed by atoms with E-state index in [-0.39, 0.29) is 5.91 Å². The maximum absolute atomic E-state index is 12.4. The highest BCUT2D eigenvalue weighted by Crippen LogP contribution is 2.21. The van der Waals surface area contributed by atoms with Crippen molar-refractivity contribution in [2.24, 2.45) is 0 Å². The number of aromatic nitrogens is 1. The summed E-state index contributed by atoms with van der Waals surface area (Å²) in [5.41, 5.74) is 4.78. The van der Waals surface area contributed by atoms with Gasteiger partial charge in [0.1, 0.15) is 0 Å². The molecule has 1 aromatic heterocycles. The quantitative estimate of drug-likeness (QED) is 0.842. The van der Waals surface area contributed by atoms with Gasteiger partial charge in [-0.25, -0.2) is 0 Å². The number of aryl methyl sites for hydroxylation is 2. The highest BCUT2D eigenvalue weighted by molar-refractivity contribution is 5.95. The van der Waals surface area contributed by atoms with Crippen molar-refractivity contribution < 1.29 is 4.79 Å². The molecule has 0 bridgehead atoms. The van der Waals surface area contributed by atoms with Crippen LogP contribution in [0.25, 0.3) is 11.3 Å². The normalized spacial score (nSPS) is 14.5. The van der Waals surface area contributed by atoms with Crippen LogP contribution in [0.1, 0.15) is 34.5 Å². The minimum Gasteiger partial charge on any atom is -0.339 e.